The summed E-state index contributed by atoms with van der Waals surface area (Å²) in [5, 5.41) is 10.9. The van der Waals surface area contributed by atoms with Gasteiger partial charge in [0.25, 0.3) is 11.2 Å². The summed E-state index contributed by atoms with van der Waals surface area (Å²) in [7, 11) is 0. The first kappa shape index (κ1) is 15.2. The van der Waals surface area contributed by atoms with E-state index >= 15 is 0 Å². The van der Waals surface area contributed by atoms with Crippen LogP contribution in [0.1, 0.15) is 16.7 Å². The number of nitro groups is 1. The van der Waals surface area contributed by atoms with E-state index < -0.39 is 27.9 Å². The maximum Gasteiger partial charge on any atom is 0.423 e. The highest BCUT2D eigenvalue weighted by Gasteiger charge is 2.40. The maximum absolute atomic E-state index is 13.0. The van der Waals surface area contributed by atoms with Gasteiger partial charge in [-0.2, -0.15) is 13.2 Å². The molecule has 2 aromatic rings. The van der Waals surface area contributed by atoms with Crippen molar-refractivity contribution < 1.29 is 22.8 Å². The van der Waals surface area contributed by atoms with E-state index in [1.54, 1.807) is 0 Å². The van der Waals surface area contributed by atoms with Crippen LogP contribution >= 0.6 is 12.2 Å². The van der Waals surface area contributed by atoms with E-state index in [0.29, 0.717) is 6.07 Å². The summed E-state index contributed by atoms with van der Waals surface area (Å²) in [6, 6.07) is 1.32. The van der Waals surface area contributed by atoms with Gasteiger partial charge in [-0.3, -0.25) is 19.9 Å². The van der Waals surface area contributed by atoms with Crippen LogP contribution in [0.2, 0.25) is 0 Å². The van der Waals surface area contributed by atoms with E-state index in [2.05, 4.69) is 9.97 Å². The van der Waals surface area contributed by atoms with Crippen molar-refractivity contribution in [1.82, 2.24) is 9.97 Å². The molecule has 7 nitrogen and oxygen atoms in total. The molecule has 0 aliphatic carbocycles. The van der Waals surface area contributed by atoms with Crippen LogP contribution in [-0.2, 0) is 12.6 Å². The minimum absolute atomic E-state index is 0.0462. The zero-order valence-corrected chi connectivity index (χ0v) is 11.8. The van der Waals surface area contributed by atoms with E-state index in [0.717, 1.165) is 6.07 Å². The average Bonchev–Trinajstić information content (AvgIpc) is 2.43. The molecular weight excluding hydrogens is 339 g/mol. The smallest absolute Gasteiger partial charge is 0.423 e. The Morgan fingerprint density at radius 3 is 2.61 bits per heavy atom. The summed E-state index contributed by atoms with van der Waals surface area (Å²) in [6.07, 6.45) is -5.03. The number of alkyl halides is 3. The number of fused-ring (bicyclic) bond motifs is 2. The predicted molar refractivity (Wildman–Crippen MR) is 73.2 cm³/mol. The normalized spacial score (nSPS) is 13.0. The third-order valence-corrected chi connectivity index (χ3v) is 3.47. The van der Waals surface area contributed by atoms with E-state index in [1.807, 2.05) is 0 Å². The largest absolute Gasteiger partial charge is 0.440 e. The molecule has 23 heavy (non-hydrogen) atoms. The Kier molecular flexibility index (Phi) is 3.25. The number of halogens is 3. The van der Waals surface area contributed by atoms with Crippen molar-refractivity contribution in [3.05, 3.63) is 54.1 Å². The summed E-state index contributed by atoms with van der Waals surface area (Å²) in [6.45, 7) is 0. The molecule has 0 amide bonds. The Balaban J connectivity index is 2.21. The van der Waals surface area contributed by atoms with Crippen molar-refractivity contribution in [1.29, 1.82) is 0 Å². The third kappa shape index (κ3) is 2.59. The number of hydrogen-bond donors (Lipinski definition) is 2. The van der Waals surface area contributed by atoms with Crippen LogP contribution in [0, 0.1) is 14.9 Å². The minimum atomic E-state index is -4.91. The SMILES string of the molecule is O=c1[nH]c(=S)[nH]c2c1Cc1cc([N+](=O)[O-])c(C(F)(F)F)cc1O2. The van der Waals surface area contributed by atoms with Crippen LogP contribution < -0.4 is 10.3 Å². The first-order chi connectivity index (χ1) is 10.7. The minimum Gasteiger partial charge on any atom is -0.440 e. The summed E-state index contributed by atoms with van der Waals surface area (Å²) < 4.78 is 44.1. The molecule has 2 heterocycles. The molecule has 0 atom stereocenters. The van der Waals surface area contributed by atoms with Crippen LogP contribution in [0.25, 0.3) is 0 Å². The summed E-state index contributed by atoms with van der Waals surface area (Å²) >= 11 is 4.76. The van der Waals surface area contributed by atoms with E-state index in [9.17, 15) is 28.1 Å². The molecule has 2 N–H and O–H groups in total. The van der Waals surface area contributed by atoms with Gasteiger partial charge in [0.2, 0.25) is 5.88 Å². The molecule has 0 saturated heterocycles. The number of H-pyrrole nitrogens is 2. The standard InChI is InChI=1S/C12H6F3N3O4S/c13-12(14,15)6-3-8-4(2-7(6)18(20)21)1-5-9(19)16-11(23)17-10(5)22-8/h2-3H,1H2,(H2,16,17,19,23). The van der Waals surface area contributed by atoms with Gasteiger partial charge in [-0.1, -0.05) is 0 Å². The van der Waals surface area contributed by atoms with Crippen LogP contribution in [0.3, 0.4) is 0 Å². The van der Waals surface area contributed by atoms with Crippen molar-refractivity contribution in [3.63, 3.8) is 0 Å². The molecule has 1 aromatic carbocycles. The molecule has 0 spiro atoms. The number of aromatic amines is 2. The molecule has 11 heteroatoms. The lowest BCUT2D eigenvalue weighted by Crippen LogP contribution is -2.20. The number of nitrogens with zero attached hydrogens (tertiary/aromatic N) is 1. The van der Waals surface area contributed by atoms with Gasteiger partial charge in [-0.15, -0.1) is 0 Å². The van der Waals surface area contributed by atoms with Crippen molar-refractivity contribution in [3.8, 4) is 11.6 Å². The molecular formula is C12H6F3N3O4S. The lowest BCUT2D eigenvalue weighted by Gasteiger charge is -2.20. The van der Waals surface area contributed by atoms with Crippen LogP contribution in [-0.4, -0.2) is 14.9 Å². The van der Waals surface area contributed by atoms with E-state index in [4.69, 9.17) is 17.0 Å². The first-order valence-corrected chi connectivity index (χ1v) is 6.49. The zero-order chi connectivity index (χ0) is 16.9. The van der Waals surface area contributed by atoms with Gasteiger partial charge >= 0.3 is 6.18 Å². The highest BCUT2D eigenvalue weighted by molar-refractivity contribution is 7.71. The fourth-order valence-corrected chi connectivity index (χ4v) is 2.45. The van der Waals surface area contributed by atoms with Crippen molar-refractivity contribution >= 4 is 17.9 Å². The molecule has 1 aliphatic heterocycles. The van der Waals surface area contributed by atoms with Gasteiger partial charge in [-0.05, 0) is 12.2 Å². The quantitative estimate of drug-likeness (QED) is 0.401. The van der Waals surface area contributed by atoms with E-state index in [1.165, 1.54) is 0 Å². The summed E-state index contributed by atoms with van der Waals surface area (Å²) in [4.78, 5) is 26.4. The number of ether oxygens (including phenoxy) is 1. The molecule has 0 radical (unpaired) electrons. The fourth-order valence-electron chi connectivity index (χ4n) is 2.26. The number of aromatic nitrogens is 2. The molecule has 0 unspecified atom stereocenters. The molecule has 120 valence electrons. The molecule has 1 aliphatic rings. The highest BCUT2D eigenvalue weighted by Crippen LogP contribution is 2.43. The first-order valence-electron chi connectivity index (χ1n) is 6.08. The van der Waals surface area contributed by atoms with Gasteiger partial charge in [0, 0.05) is 24.1 Å². The Morgan fingerprint density at radius 1 is 1.30 bits per heavy atom. The highest BCUT2D eigenvalue weighted by atomic mass is 32.1. The number of rotatable bonds is 1. The van der Waals surface area contributed by atoms with Crippen molar-refractivity contribution in [2.75, 3.05) is 0 Å². The second-order valence-electron chi connectivity index (χ2n) is 4.73. The molecule has 0 fully saturated rings. The fraction of sp³-hybridized carbons (Fsp3) is 0.167. The Labute approximate surface area is 129 Å². The van der Waals surface area contributed by atoms with Gasteiger partial charge in [0.15, 0.2) is 4.77 Å². The van der Waals surface area contributed by atoms with Gasteiger partial charge < -0.3 is 9.72 Å². The summed E-state index contributed by atoms with van der Waals surface area (Å²) in [5.74, 6) is -0.292. The number of nitro benzene ring substituents is 1. The number of benzene rings is 1. The maximum atomic E-state index is 13.0. The molecule has 0 saturated carbocycles. The molecule has 3 rings (SSSR count). The predicted octanol–water partition coefficient (Wildman–Crippen LogP) is 3.06. The lowest BCUT2D eigenvalue weighted by molar-refractivity contribution is -0.388. The Hall–Kier alpha value is -2.69. The van der Waals surface area contributed by atoms with Gasteiger partial charge in [0.1, 0.15) is 11.3 Å². The second-order valence-corrected chi connectivity index (χ2v) is 5.13. The van der Waals surface area contributed by atoms with Crippen LogP contribution in [0.15, 0.2) is 16.9 Å². The average molecular weight is 345 g/mol. The van der Waals surface area contributed by atoms with Crippen molar-refractivity contribution in [2.24, 2.45) is 0 Å². The number of hydrogen-bond acceptors (Lipinski definition) is 5. The van der Waals surface area contributed by atoms with Gasteiger partial charge in [-0.25, -0.2) is 0 Å². The Bertz CT molecular complexity index is 948. The van der Waals surface area contributed by atoms with Gasteiger partial charge in [0.05, 0.1) is 10.5 Å². The second kappa shape index (κ2) is 4.91. The van der Waals surface area contributed by atoms with Crippen molar-refractivity contribution in [2.45, 2.75) is 12.6 Å². The zero-order valence-electron chi connectivity index (χ0n) is 11.0. The third-order valence-electron chi connectivity index (χ3n) is 3.26. The summed E-state index contributed by atoms with van der Waals surface area (Å²) in [5.41, 5.74) is -2.89. The molecule has 1 aromatic heterocycles. The lowest BCUT2D eigenvalue weighted by atomic mass is 10.00. The van der Waals surface area contributed by atoms with Crippen LogP contribution in [0.5, 0.6) is 11.6 Å². The number of nitrogens with one attached hydrogen (secondary N) is 2. The molecule has 0 bridgehead atoms. The van der Waals surface area contributed by atoms with Crippen LogP contribution in [0.4, 0.5) is 18.9 Å². The van der Waals surface area contributed by atoms with E-state index in [-0.39, 0.29) is 33.9 Å². The Morgan fingerprint density at radius 2 is 2.00 bits per heavy atom. The monoisotopic (exact) mass is 345 g/mol. The topological polar surface area (TPSA) is 101 Å².